The number of anilines is 1. The number of nitrogens with two attached hydrogens (primary N) is 1. The number of nitrogens with zero attached hydrogens (tertiary/aromatic N) is 1. The van der Waals surface area contributed by atoms with E-state index in [4.69, 9.17) is 18.0 Å². The highest BCUT2D eigenvalue weighted by Gasteiger charge is 2.00. The van der Waals surface area contributed by atoms with E-state index in [1.807, 2.05) is 0 Å². The average molecular weight is 288 g/mol. The molecule has 0 aliphatic rings. The van der Waals surface area contributed by atoms with E-state index in [1.165, 1.54) is 0 Å². The Bertz CT molecular complexity index is 516. The van der Waals surface area contributed by atoms with E-state index in [1.54, 1.807) is 18.3 Å². The molecule has 0 bridgehead atoms. The van der Waals surface area contributed by atoms with Crippen LogP contribution in [0.2, 0.25) is 0 Å². The molecule has 8 heteroatoms. The maximum Gasteiger partial charge on any atom is 0.208 e. The van der Waals surface area contributed by atoms with Crippen molar-refractivity contribution in [3.8, 4) is 0 Å². The van der Waals surface area contributed by atoms with Gasteiger partial charge in [-0.15, -0.1) is 0 Å². The van der Waals surface area contributed by atoms with E-state index >= 15 is 0 Å². The van der Waals surface area contributed by atoms with E-state index in [0.29, 0.717) is 25.2 Å². The van der Waals surface area contributed by atoms with Crippen molar-refractivity contribution in [2.75, 3.05) is 24.7 Å². The molecule has 0 aliphatic heterocycles. The van der Waals surface area contributed by atoms with Gasteiger partial charge in [0.2, 0.25) is 10.0 Å². The van der Waals surface area contributed by atoms with Crippen LogP contribution in [0.3, 0.4) is 0 Å². The van der Waals surface area contributed by atoms with Gasteiger partial charge < -0.3 is 11.1 Å². The monoisotopic (exact) mass is 288 g/mol. The maximum absolute atomic E-state index is 10.8. The first-order valence-corrected chi connectivity index (χ1v) is 7.63. The van der Waals surface area contributed by atoms with Gasteiger partial charge in [-0.2, -0.15) is 0 Å². The molecule has 0 amide bonds. The molecule has 0 aliphatic carbocycles. The van der Waals surface area contributed by atoms with Gasteiger partial charge in [0.15, 0.2) is 0 Å². The van der Waals surface area contributed by atoms with Crippen LogP contribution in [0.15, 0.2) is 18.3 Å². The molecule has 1 aromatic heterocycles. The van der Waals surface area contributed by atoms with Crippen molar-refractivity contribution < 1.29 is 8.42 Å². The van der Waals surface area contributed by atoms with Crippen LogP contribution in [0, 0.1) is 0 Å². The maximum atomic E-state index is 10.8. The summed E-state index contributed by atoms with van der Waals surface area (Å²) < 4.78 is 24.0. The van der Waals surface area contributed by atoms with E-state index < -0.39 is 10.0 Å². The molecule has 1 aromatic rings. The minimum Gasteiger partial charge on any atom is -0.388 e. The first-order chi connectivity index (χ1) is 8.38. The van der Waals surface area contributed by atoms with Crippen LogP contribution in [0.1, 0.15) is 12.1 Å². The van der Waals surface area contributed by atoms with Crippen LogP contribution in [0.25, 0.3) is 0 Å². The molecular weight excluding hydrogens is 272 g/mol. The summed E-state index contributed by atoms with van der Waals surface area (Å²) in [6.07, 6.45) is 3.43. The number of hydrogen-bond donors (Lipinski definition) is 3. The second kappa shape index (κ2) is 6.62. The molecule has 0 fully saturated rings. The van der Waals surface area contributed by atoms with E-state index in [0.717, 1.165) is 11.9 Å². The van der Waals surface area contributed by atoms with Gasteiger partial charge in [0.05, 0.1) is 11.9 Å². The van der Waals surface area contributed by atoms with Gasteiger partial charge in [0.1, 0.15) is 4.99 Å². The number of thiocarbonyl (C=S) groups is 1. The molecule has 0 spiro atoms. The van der Waals surface area contributed by atoms with Crippen molar-refractivity contribution in [2.45, 2.75) is 6.42 Å². The molecule has 0 radical (unpaired) electrons. The lowest BCUT2D eigenvalue weighted by molar-refractivity contribution is 0.586. The van der Waals surface area contributed by atoms with E-state index in [9.17, 15) is 8.42 Å². The van der Waals surface area contributed by atoms with Crippen molar-refractivity contribution in [2.24, 2.45) is 5.73 Å². The number of aromatic nitrogens is 1. The van der Waals surface area contributed by atoms with Crippen molar-refractivity contribution in [1.82, 2.24) is 9.71 Å². The number of hydrogen-bond acceptors (Lipinski definition) is 5. The molecule has 6 nitrogen and oxygen atoms in total. The molecule has 0 saturated carbocycles. The van der Waals surface area contributed by atoms with E-state index in [2.05, 4.69) is 15.0 Å². The lowest BCUT2D eigenvalue weighted by Crippen LogP contribution is -2.24. The summed E-state index contributed by atoms with van der Waals surface area (Å²) in [5.41, 5.74) is 6.88. The van der Waals surface area contributed by atoms with Crippen molar-refractivity contribution in [1.29, 1.82) is 0 Å². The fourth-order valence-electron chi connectivity index (χ4n) is 1.25. The number of nitrogens with one attached hydrogen (secondary N) is 2. The summed E-state index contributed by atoms with van der Waals surface area (Å²) >= 11 is 4.83. The summed E-state index contributed by atoms with van der Waals surface area (Å²) in [6.45, 7) is 1.04. The van der Waals surface area contributed by atoms with Crippen LogP contribution in [-0.4, -0.2) is 37.7 Å². The van der Waals surface area contributed by atoms with Crippen molar-refractivity contribution in [3.63, 3.8) is 0 Å². The fraction of sp³-hybridized carbons (Fsp3) is 0.400. The minimum atomic E-state index is -3.11. The Morgan fingerprint density at radius 3 is 2.83 bits per heavy atom. The summed E-state index contributed by atoms with van der Waals surface area (Å²) in [7, 11) is -3.11. The molecular formula is C10H16N4O2S2. The zero-order valence-electron chi connectivity index (χ0n) is 10.0. The zero-order chi connectivity index (χ0) is 13.6. The molecule has 0 saturated heterocycles. The SMILES string of the molecule is CS(=O)(=O)NCCCNc1ccnc(C(N)=S)c1. The van der Waals surface area contributed by atoms with Gasteiger partial charge in [0.25, 0.3) is 0 Å². The Labute approximate surface area is 112 Å². The molecule has 0 aromatic carbocycles. The third-order valence-corrected chi connectivity index (χ3v) is 3.00. The lowest BCUT2D eigenvalue weighted by atomic mass is 10.3. The Hall–Kier alpha value is -1.25. The zero-order valence-corrected chi connectivity index (χ0v) is 11.6. The highest BCUT2D eigenvalue weighted by Crippen LogP contribution is 2.07. The number of sulfonamides is 1. The fourth-order valence-corrected chi connectivity index (χ4v) is 1.88. The predicted octanol–water partition coefficient (Wildman–Crippen LogP) is 0.0670. The summed E-state index contributed by atoms with van der Waals surface area (Å²) in [5, 5.41) is 3.14. The summed E-state index contributed by atoms with van der Waals surface area (Å²) in [4.78, 5) is 4.27. The van der Waals surface area contributed by atoms with Crippen molar-refractivity contribution >= 4 is 32.9 Å². The minimum absolute atomic E-state index is 0.248. The lowest BCUT2D eigenvalue weighted by Gasteiger charge is -2.07. The average Bonchev–Trinajstić information content (AvgIpc) is 2.27. The third kappa shape index (κ3) is 5.89. The van der Waals surface area contributed by atoms with Gasteiger partial charge in [-0.3, -0.25) is 4.98 Å². The normalized spacial score (nSPS) is 11.2. The van der Waals surface area contributed by atoms with Crippen LogP contribution in [-0.2, 0) is 10.0 Å². The number of pyridine rings is 1. The van der Waals surface area contributed by atoms with Crippen LogP contribution < -0.4 is 15.8 Å². The van der Waals surface area contributed by atoms with Gasteiger partial charge in [0, 0.05) is 25.0 Å². The standard InChI is InChI=1S/C10H16N4O2S2/c1-18(15,16)14-5-2-4-12-8-3-6-13-9(7-8)10(11)17/h3,6-7,14H,2,4-5H2,1H3,(H2,11,17)(H,12,13). The van der Waals surface area contributed by atoms with Gasteiger partial charge in [-0.05, 0) is 18.6 Å². The second-order valence-corrected chi connectivity index (χ2v) is 6.01. The molecule has 18 heavy (non-hydrogen) atoms. The Balaban J connectivity index is 2.36. The third-order valence-electron chi connectivity index (χ3n) is 2.06. The quantitative estimate of drug-likeness (QED) is 0.485. The largest absolute Gasteiger partial charge is 0.388 e. The topological polar surface area (TPSA) is 97.1 Å². The highest BCUT2D eigenvalue weighted by atomic mass is 32.2. The van der Waals surface area contributed by atoms with Gasteiger partial charge in [-0.25, -0.2) is 13.1 Å². The predicted molar refractivity (Wildman–Crippen MR) is 76.1 cm³/mol. The molecule has 1 rings (SSSR count). The number of rotatable bonds is 7. The molecule has 100 valence electrons. The van der Waals surface area contributed by atoms with Crippen LogP contribution >= 0.6 is 12.2 Å². The Morgan fingerprint density at radius 1 is 1.50 bits per heavy atom. The van der Waals surface area contributed by atoms with Gasteiger partial charge in [-0.1, -0.05) is 12.2 Å². The molecule has 4 N–H and O–H groups in total. The first-order valence-electron chi connectivity index (χ1n) is 5.33. The summed E-state index contributed by atoms with van der Waals surface area (Å²) in [6, 6.07) is 3.55. The van der Waals surface area contributed by atoms with Gasteiger partial charge >= 0.3 is 0 Å². The van der Waals surface area contributed by atoms with E-state index in [-0.39, 0.29) is 4.99 Å². The van der Waals surface area contributed by atoms with Crippen LogP contribution in [0.5, 0.6) is 0 Å². The second-order valence-electron chi connectivity index (χ2n) is 3.74. The molecule has 1 heterocycles. The molecule has 0 atom stereocenters. The van der Waals surface area contributed by atoms with Crippen molar-refractivity contribution in [3.05, 3.63) is 24.0 Å². The van der Waals surface area contributed by atoms with Crippen LogP contribution in [0.4, 0.5) is 5.69 Å². The first kappa shape index (κ1) is 14.8. The Kier molecular flexibility index (Phi) is 5.45. The smallest absolute Gasteiger partial charge is 0.208 e. The highest BCUT2D eigenvalue weighted by molar-refractivity contribution is 7.88. The summed E-state index contributed by atoms with van der Waals surface area (Å²) in [5.74, 6) is 0. The Morgan fingerprint density at radius 2 is 2.22 bits per heavy atom. The molecule has 0 unspecified atom stereocenters.